The number of hydrogen-bond acceptors (Lipinski definition) is 2. The van der Waals surface area contributed by atoms with Crippen LogP contribution in [0.25, 0.3) is 0 Å². The van der Waals surface area contributed by atoms with Crippen molar-refractivity contribution >= 4 is 0 Å². The normalized spacial score (nSPS) is 28.4. The lowest BCUT2D eigenvalue weighted by Crippen LogP contribution is -2.34. The molecule has 0 aromatic heterocycles. The Kier molecular flexibility index (Phi) is 5.07. The molecule has 1 aliphatic carbocycles. The Labute approximate surface area is 94.7 Å². The molecule has 0 aromatic carbocycles. The summed E-state index contributed by atoms with van der Waals surface area (Å²) in [7, 11) is 0. The summed E-state index contributed by atoms with van der Waals surface area (Å²) >= 11 is 0. The quantitative estimate of drug-likeness (QED) is 0.779. The van der Waals surface area contributed by atoms with E-state index in [4.69, 9.17) is 0 Å². The standard InChI is InChI=1S/C10H19NO.C3H8/c1-9-3-2-6-11(9)7-10(8-12)4-5-10;1-3-2/h9,12H,2-8H2,1H3;3H2,1-2H3/t9-;/m0./s1. The van der Waals surface area contributed by atoms with Crippen LogP contribution in [-0.2, 0) is 0 Å². The Balaban J connectivity index is 0.000000337. The first kappa shape index (κ1) is 13.0. The third-order valence-corrected chi connectivity index (χ3v) is 3.52. The molecule has 15 heavy (non-hydrogen) atoms. The fourth-order valence-corrected chi connectivity index (χ4v) is 2.20. The minimum Gasteiger partial charge on any atom is -0.396 e. The highest BCUT2D eigenvalue weighted by molar-refractivity contribution is 4.96. The zero-order valence-electron chi connectivity index (χ0n) is 10.6. The van der Waals surface area contributed by atoms with Crippen molar-refractivity contribution in [2.75, 3.05) is 19.7 Å². The van der Waals surface area contributed by atoms with Crippen molar-refractivity contribution in [3.63, 3.8) is 0 Å². The number of rotatable bonds is 3. The first-order valence-corrected chi connectivity index (χ1v) is 6.52. The van der Waals surface area contributed by atoms with Crippen LogP contribution in [0, 0.1) is 5.41 Å². The molecule has 0 radical (unpaired) electrons. The van der Waals surface area contributed by atoms with Crippen LogP contribution < -0.4 is 0 Å². The number of nitrogens with zero attached hydrogens (tertiary/aromatic N) is 1. The van der Waals surface area contributed by atoms with Crippen LogP contribution in [0.1, 0.15) is 52.9 Å². The maximum Gasteiger partial charge on any atom is 0.0499 e. The Bertz CT molecular complexity index is 177. The van der Waals surface area contributed by atoms with Gasteiger partial charge in [-0.05, 0) is 39.2 Å². The van der Waals surface area contributed by atoms with Crippen molar-refractivity contribution in [3.8, 4) is 0 Å². The van der Waals surface area contributed by atoms with E-state index >= 15 is 0 Å². The Morgan fingerprint density at radius 3 is 2.27 bits per heavy atom. The van der Waals surface area contributed by atoms with E-state index in [9.17, 15) is 5.11 Å². The minimum absolute atomic E-state index is 0.318. The molecule has 1 atom stereocenters. The summed E-state index contributed by atoms with van der Waals surface area (Å²) in [4.78, 5) is 2.54. The van der Waals surface area contributed by atoms with E-state index in [1.165, 1.54) is 38.6 Å². The van der Waals surface area contributed by atoms with Crippen molar-refractivity contribution in [1.82, 2.24) is 4.90 Å². The van der Waals surface area contributed by atoms with E-state index in [2.05, 4.69) is 25.7 Å². The molecule has 0 spiro atoms. The lowest BCUT2D eigenvalue weighted by atomic mass is 10.1. The van der Waals surface area contributed by atoms with Gasteiger partial charge in [0, 0.05) is 24.6 Å². The molecule has 0 unspecified atom stereocenters. The van der Waals surface area contributed by atoms with Crippen LogP contribution >= 0.6 is 0 Å². The van der Waals surface area contributed by atoms with Crippen molar-refractivity contribution in [1.29, 1.82) is 0 Å². The Morgan fingerprint density at radius 1 is 1.33 bits per heavy atom. The molecular formula is C13H27NO. The first-order valence-electron chi connectivity index (χ1n) is 6.52. The van der Waals surface area contributed by atoms with Gasteiger partial charge in [0.25, 0.3) is 0 Å². The summed E-state index contributed by atoms with van der Waals surface area (Å²) in [6.45, 7) is 9.35. The third-order valence-electron chi connectivity index (χ3n) is 3.52. The van der Waals surface area contributed by atoms with Crippen LogP contribution in [0.2, 0.25) is 0 Å². The minimum atomic E-state index is 0.318. The summed E-state index contributed by atoms with van der Waals surface area (Å²) in [6.07, 6.45) is 6.43. The third kappa shape index (κ3) is 3.76. The summed E-state index contributed by atoms with van der Waals surface area (Å²) in [5, 5.41) is 9.18. The van der Waals surface area contributed by atoms with Crippen molar-refractivity contribution in [3.05, 3.63) is 0 Å². The molecule has 2 heteroatoms. The molecule has 1 aliphatic heterocycles. The molecule has 2 aliphatic rings. The molecule has 1 N–H and O–H groups in total. The number of aliphatic hydroxyl groups excluding tert-OH is 1. The summed E-state index contributed by atoms with van der Waals surface area (Å²) in [6, 6.07) is 0.758. The number of aliphatic hydroxyl groups is 1. The van der Waals surface area contributed by atoms with Gasteiger partial charge in [0.05, 0.1) is 0 Å². The molecule has 0 amide bonds. The van der Waals surface area contributed by atoms with Crippen molar-refractivity contribution in [2.45, 2.75) is 58.9 Å². The molecule has 1 heterocycles. The molecule has 1 saturated heterocycles. The predicted molar refractivity (Wildman–Crippen MR) is 65.0 cm³/mol. The van der Waals surface area contributed by atoms with Gasteiger partial charge in [0.15, 0.2) is 0 Å². The van der Waals surface area contributed by atoms with Crippen LogP contribution in [0.4, 0.5) is 0 Å². The smallest absolute Gasteiger partial charge is 0.0499 e. The summed E-state index contributed by atoms with van der Waals surface area (Å²) in [5.74, 6) is 0. The largest absolute Gasteiger partial charge is 0.396 e. The Morgan fingerprint density at radius 2 is 1.93 bits per heavy atom. The van der Waals surface area contributed by atoms with E-state index in [1.807, 2.05) is 0 Å². The monoisotopic (exact) mass is 213 g/mol. The molecule has 0 aromatic rings. The molecule has 2 nitrogen and oxygen atoms in total. The van der Waals surface area contributed by atoms with E-state index in [1.54, 1.807) is 0 Å². The van der Waals surface area contributed by atoms with E-state index in [-0.39, 0.29) is 0 Å². The topological polar surface area (TPSA) is 23.5 Å². The molecule has 1 saturated carbocycles. The fourth-order valence-electron chi connectivity index (χ4n) is 2.20. The predicted octanol–water partition coefficient (Wildman–Crippen LogP) is 2.66. The van der Waals surface area contributed by atoms with Crippen LogP contribution in [0.15, 0.2) is 0 Å². The zero-order chi connectivity index (χ0) is 11.3. The van der Waals surface area contributed by atoms with Gasteiger partial charge < -0.3 is 10.0 Å². The lowest BCUT2D eigenvalue weighted by molar-refractivity contribution is 0.145. The molecule has 0 bridgehead atoms. The van der Waals surface area contributed by atoms with Gasteiger partial charge in [-0.25, -0.2) is 0 Å². The van der Waals surface area contributed by atoms with E-state index in [0.29, 0.717) is 12.0 Å². The fraction of sp³-hybridized carbons (Fsp3) is 1.00. The van der Waals surface area contributed by atoms with Gasteiger partial charge in [-0.1, -0.05) is 20.3 Å². The number of hydrogen-bond donors (Lipinski definition) is 1. The Hall–Kier alpha value is -0.0800. The van der Waals surface area contributed by atoms with Crippen LogP contribution in [0.3, 0.4) is 0 Å². The maximum atomic E-state index is 9.18. The second-order valence-electron chi connectivity index (χ2n) is 5.33. The SMILES string of the molecule is CCC.C[C@H]1CCCN1CC1(CO)CC1. The molecule has 2 rings (SSSR count). The van der Waals surface area contributed by atoms with Gasteiger partial charge in [0.2, 0.25) is 0 Å². The van der Waals surface area contributed by atoms with Gasteiger partial charge >= 0.3 is 0 Å². The van der Waals surface area contributed by atoms with Gasteiger partial charge in [0.1, 0.15) is 0 Å². The van der Waals surface area contributed by atoms with E-state index in [0.717, 1.165) is 12.6 Å². The zero-order valence-corrected chi connectivity index (χ0v) is 10.6. The lowest BCUT2D eigenvalue weighted by Gasteiger charge is -2.25. The molecular weight excluding hydrogens is 186 g/mol. The highest BCUT2D eigenvalue weighted by Crippen LogP contribution is 2.46. The van der Waals surface area contributed by atoms with E-state index < -0.39 is 0 Å². The molecule has 2 fully saturated rings. The highest BCUT2D eigenvalue weighted by Gasteiger charge is 2.44. The van der Waals surface area contributed by atoms with Crippen molar-refractivity contribution in [2.24, 2.45) is 5.41 Å². The van der Waals surface area contributed by atoms with Crippen LogP contribution in [-0.4, -0.2) is 35.7 Å². The summed E-state index contributed by atoms with van der Waals surface area (Å²) in [5.41, 5.74) is 0.318. The van der Waals surface area contributed by atoms with Gasteiger partial charge in [-0.15, -0.1) is 0 Å². The van der Waals surface area contributed by atoms with Crippen LogP contribution in [0.5, 0.6) is 0 Å². The van der Waals surface area contributed by atoms with Gasteiger partial charge in [-0.3, -0.25) is 0 Å². The second-order valence-corrected chi connectivity index (χ2v) is 5.33. The highest BCUT2D eigenvalue weighted by atomic mass is 16.3. The van der Waals surface area contributed by atoms with Gasteiger partial charge in [-0.2, -0.15) is 0 Å². The molecule has 90 valence electrons. The maximum absolute atomic E-state index is 9.18. The van der Waals surface area contributed by atoms with Crippen molar-refractivity contribution < 1.29 is 5.11 Å². The average Bonchev–Trinajstić information content (AvgIpc) is 2.88. The number of likely N-dealkylation sites (tertiary alicyclic amines) is 1. The first-order chi connectivity index (χ1) is 7.17. The average molecular weight is 213 g/mol. The second kappa shape index (κ2) is 5.86. The summed E-state index contributed by atoms with van der Waals surface area (Å²) < 4.78 is 0.